The summed E-state index contributed by atoms with van der Waals surface area (Å²) in [6.45, 7) is 4.65. The summed E-state index contributed by atoms with van der Waals surface area (Å²) in [4.78, 5) is 13.2. The molecule has 1 amide bonds. The maximum atomic E-state index is 12.1. The van der Waals surface area contributed by atoms with Gasteiger partial charge in [0.1, 0.15) is 29.5 Å². The molecule has 5 atom stereocenters. The molecule has 3 N–H and O–H groups in total. The fraction of sp³-hybridized carbons (Fsp3) is 0.923. The minimum absolute atomic E-state index is 0.0505. The molecule has 8 heteroatoms. The van der Waals surface area contributed by atoms with Crippen LogP contribution in [0.15, 0.2) is 0 Å². The summed E-state index contributed by atoms with van der Waals surface area (Å²) < 4.78 is 16.1. The fourth-order valence-electron chi connectivity index (χ4n) is 2.55. The summed E-state index contributed by atoms with van der Waals surface area (Å²) in [6.07, 6.45) is -4.26. The van der Waals surface area contributed by atoms with E-state index in [4.69, 9.17) is 14.2 Å². The third-order valence-corrected chi connectivity index (χ3v) is 3.73. The number of amides is 1. The van der Waals surface area contributed by atoms with Crippen LogP contribution in [0.4, 0.5) is 4.79 Å². The van der Waals surface area contributed by atoms with Gasteiger partial charge in [-0.05, 0) is 20.8 Å². The highest BCUT2D eigenvalue weighted by Crippen LogP contribution is 2.38. The molecule has 21 heavy (non-hydrogen) atoms. The van der Waals surface area contributed by atoms with Crippen molar-refractivity contribution < 1.29 is 34.3 Å². The topological polar surface area (TPSA) is 109 Å². The number of aliphatic hydroxyl groups is 3. The highest BCUT2D eigenvalue weighted by molar-refractivity contribution is 5.68. The molecule has 5 unspecified atom stereocenters. The number of fused-ring (bicyclic) bond motifs is 2. The monoisotopic (exact) mass is 305 g/mol. The van der Waals surface area contributed by atoms with E-state index in [-0.39, 0.29) is 6.61 Å². The van der Waals surface area contributed by atoms with Gasteiger partial charge in [-0.25, -0.2) is 4.79 Å². The SMILES string of the molecule is CN(C(=O)OC(C)(C)C)C1C2OCC(CO)(O2)C(O)C1O. The normalized spacial score (nSPS) is 39.2. The Morgan fingerprint density at radius 1 is 1.43 bits per heavy atom. The quantitative estimate of drug-likeness (QED) is 0.604. The van der Waals surface area contributed by atoms with Crippen LogP contribution >= 0.6 is 0 Å². The van der Waals surface area contributed by atoms with Crippen LogP contribution in [0.5, 0.6) is 0 Å². The van der Waals surface area contributed by atoms with E-state index < -0.39 is 48.4 Å². The number of hydrogen-bond donors (Lipinski definition) is 3. The number of likely N-dealkylation sites (N-methyl/N-ethyl adjacent to an activating group) is 1. The van der Waals surface area contributed by atoms with E-state index in [1.807, 2.05) is 0 Å². The minimum atomic E-state index is -1.36. The Balaban J connectivity index is 2.15. The van der Waals surface area contributed by atoms with Gasteiger partial charge in [0.2, 0.25) is 0 Å². The second kappa shape index (κ2) is 5.36. The molecule has 2 saturated heterocycles. The van der Waals surface area contributed by atoms with Gasteiger partial charge in [-0.2, -0.15) is 0 Å². The second-order valence-electron chi connectivity index (χ2n) is 6.54. The van der Waals surface area contributed by atoms with E-state index in [9.17, 15) is 20.1 Å². The average molecular weight is 305 g/mol. The van der Waals surface area contributed by atoms with Gasteiger partial charge in [0.25, 0.3) is 0 Å². The predicted octanol–water partition coefficient (Wildman–Crippen LogP) is -0.939. The van der Waals surface area contributed by atoms with Crippen LogP contribution in [0, 0.1) is 0 Å². The zero-order valence-electron chi connectivity index (χ0n) is 12.6. The number of carbonyl (C=O) groups excluding carboxylic acids is 1. The smallest absolute Gasteiger partial charge is 0.410 e. The molecule has 8 nitrogen and oxygen atoms in total. The van der Waals surface area contributed by atoms with E-state index in [0.29, 0.717) is 0 Å². The van der Waals surface area contributed by atoms with Crippen molar-refractivity contribution in [1.29, 1.82) is 0 Å². The van der Waals surface area contributed by atoms with Crippen molar-refractivity contribution >= 4 is 6.09 Å². The lowest BCUT2D eigenvalue weighted by Crippen LogP contribution is -2.66. The largest absolute Gasteiger partial charge is 0.444 e. The van der Waals surface area contributed by atoms with Crippen molar-refractivity contribution in [2.24, 2.45) is 0 Å². The third-order valence-electron chi connectivity index (χ3n) is 3.73. The highest BCUT2D eigenvalue weighted by atomic mass is 16.7. The van der Waals surface area contributed by atoms with E-state index in [1.165, 1.54) is 7.05 Å². The van der Waals surface area contributed by atoms with Gasteiger partial charge in [0.05, 0.1) is 13.2 Å². The maximum absolute atomic E-state index is 12.1. The first-order valence-electron chi connectivity index (χ1n) is 6.83. The van der Waals surface area contributed by atoms with Crippen LogP contribution < -0.4 is 0 Å². The molecule has 0 aromatic heterocycles. The number of aliphatic hydroxyl groups excluding tert-OH is 3. The highest BCUT2D eigenvalue weighted by Gasteiger charge is 2.60. The van der Waals surface area contributed by atoms with Gasteiger partial charge in [0.15, 0.2) is 6.29 Å². The van der Waals surface area contributed by atoms with Crippen molar-refractivity contribution in [3.05, 3.63) is 0 Å². The molecule has 122 valence electrons. The molecule has 2 bridgehead atoms. The van der Waals surface area contributed by atoms with Crippen LogP contribution in [0.3, 0.4) is 0 Å². The Morgan fingerprint density at radius 3 is 2.57 bits per heavy atom. The number of nitrogens with zero attached hydrogens (tertiary/aromatic N) is 1. The molecule has 0 spiro atoms. The molecule has 2 heterocycles. The van der Waals surface area contributed by atoms with Crippen LogP contribution in [-0.2, 0) is 14.2 Å². The molecular weight excluding hydrogens is 282 g/mol. The standard InChI is InChI=1S/C13H23NO7/c1-12(2,3)21-11(18)14(4)7-8(16)9(17)13(5-15)6-19-10(7)20-13/h7-10,15-17H,5-6H2,1-4H3. The summed E-state index contributed by atoms with van der Waals surface area (Å²) in [5.41, 5.74) is -2.02. The Kier molecular flexibility index (Phi) is 4.20. The van der Waals surface area contributed by atoms with Gasteiger partial charge in [-0.1, -0.05) is 0 Å². The average Bonchev–Trinajstić information content (AvgIpc) is 2.77. The molecule has 2 fully saturated rings. The van der Waals surface area contributed by atoms with Crippen molar-refractivity contribution in [2.75, 3.05) is 20.3 Å². The molecule has 0 aromatic carbocycles. The maximum Gasteiger partial charge on any atom is 0.410 e. The molecule has 0 aliphatic carbocycles. The van der Waals surface area contributed by atoms with Gasteiger partial charge < -0.3 is 34.4 Å². The molecule has 0 aromatic rings. The van der Waals surface area contributed by atoms with Crippen molar-refractivity contribution in [3.8, 4) is 0 Å². The summed E-state index contributed by atoms with van der Waals surface area (Å²) in [7, 11) is 1.44. The lowest BCUT2D eigenvalue weighted by atomic mass is 9.88. The van der Waals surface area contributed by atoms with Crippen LogP contribution in [0.1, 0.15) is 20.8 Å². The predicted molar refractivity (Wildman–Crippen MR) is 70.4 cm³/mol. The Morgan fingerprint density at radius 2 is 2.05 bits per heavy atom. The third kappa shape index (κ3) is 2.86. The molecule has 2 aliphatic heterocycles. The second-order valence-corrected chi connectivity index (χ2v) is 6.54. The van der Waals surface area contributed by atoms with Crippen LogP contribution in [0.2, 0.25) is 0 Å². The minimum Gasteiger partial charge on any atom is -0.444 e. The Labute approximate surface area is 123 Å². The summed E-state index contributed by atoms with van der Waals surface area (Å²) >= 11 is 0. The van der Waals surface area contributed by atoms with E-state index in [0.717, 1.165) is 4.90 Å². The summed E-state index contributed by atoms with van der Waals surface area (Å²) in [5, 5.41) is 29.8. The van der Waals surface area contributed by atoms with Crippen molar-refractivity contribution in [3.63, 3.8) is 0 Å². The zero-order valence-corrected chi connectivity index (χ0v) is 12.6. The lowest BCUT2D eigenvalue weighted by Gasteiger charge is -2.44. The van der Waals surface area contributed by atoms with Gasteiger partial charge in [0, 0.05) is 7.05 Å². The van der Waals surface area contributed by atoms with Crippen molar-refractivity contribution in [1.82, 2.24) is 4.90 Å². The van der Waals surface area contributed by atoms with Gasteiger partial charge >= 0.3 is 6.09 Å². The van der Waals surface area contributed by atoms with Gasteiger partial charge in [-0.15, -0.1) is 0 Å². The van der Waals surface area contributed by atoms with Crippen LogP contribution in [0.25, 0.3) is 0 Å². The Hall–Kier alpha value is -0.930. The first-order valence-corrected chi connectivity index (χ1v) is 6.83. The molecule has 2 rings (SSSR count). The summed E-state index contributed by atoms with van der Waals surface area (Å²) in [6, 6.07) is -0.919. The first kappa shape index (κ1) is 16.4. The number of carbonyl (C=O) groups is 1. The number of ether oxygens (including phenoxy) is 3. The van der Waals surface area contributed by atoms with Crippen LogP contribution in [-0.4, -0.2) is 82.3 Å². The lowest BCUT2D eigenvalue weighted by molar-refractivity contribution is -0.246. The number of rotatable bonds is 2. The van der Waals surface area contributed by atoms with Gasteiger partial charge in [-0.3, -0.25) is 0 Å². The summed E-state index contributed by atoms with van der Waals surface area (Å²) in [5.74, 6) is 0. The zero-order chi connectivity index (χ0) is 16.0. The van der Waals surface area contributed by atoms with E-state index in [1.54, 1.807) is 20.8 Å². The first-order chi connectivity index (χ1) is 9.61. The Bertz CT molecular complexity index is 410. The molecule has 0 radical (unpaired) electrons. The van der Waals surface area contributed by atoms with E-state index >= 15 is 0 Å². The molecular formula is C13H23NO7. The molecule has 0 saturated carbocycles. The van der Waals surface area contributed by atoms with Crippen molar-refractivity contribution in [2.45, 2.75) is 56.5 Å². The molecule has 2 aliphatic rings. The number of hydrogen-bond acceptors (Lipinski definition) is 7. The van der Waals surface area contributed by atoms with E-state index in [2.05, 4.69) is 0 Å². The fourth-order valence-corrected chi connectivity index (χ4v) is 2.55.